The third-order valence-corrected chi connectivity index (χ3v) is 4.00. The summed E-state index contributed by atoms with van der Waals surface area (Å²) in [5.41, 5.74) is 2.44. The molecule has 0 fully saturated rings. The highest BCUT2D eigenvalue weighted by Gasteiger charge is 2.07. The number of fused-ring (bicyclic) bond motifs is 1. The Balaban J connectivity index is 1.85. The fraction of sp³-hybridized carbons (Fsp3) is 0.158. The van der Waals surface area contributed by atoms with Crippen molar-refractivity contribution in [3.63, 3.8) is 0 Å². The van der Waals surface area contributed by atoms with E-state index in [0.29, 0.717) is 35.1 Å². The van der Waals surface area contributed by atoms with E-state index in [4.69, 9.17) is 21.6 Å². The van der Waals surface area contributed by atoms with Crippen molar-refractivity contribution >= 4 is 28.2 Å². The van der Waals surface area contributed by atoms with Crippen molar-refractivity contribution < 1.29 is 4.74 Å². The van der Waals surface area contributed by atoms with Gasteiger partial charge in [0.05, 0.1) is 12.2 Å². The van der Waals surface area contributed by atoms with Crippen molar-refractivity contribution in [3.8, 4) is 11.8 Å². The van der Waals surface area contributed by atoms with Gasteiger partial charge < -0.3 is 15.0 Å². The van der Waals surface area contributed by atoms with Crippen LogP contribution in [0.3, 0.4) is 0 Å². The third-order valence-electron chi connectivity index (χ3n) is 3.77. The maximum atomic E-state index is 12.2. The fourth-order valence-corrected chi connectivity index (χ4v) is 2.73. The van der Waals surface area contributed by atoms with Gasteiger partial charge >= 0.3 is 0 Å². The molecule has 0 aliphatic heterocycles. The van der Waals surface area contributed by atoms with Crippen LogP contribution >= 0.6 is 11.6 Å². The second-order valence-electron chi connectivity index (χ2n) is 5.46. The van der Waals surface area contributed by atoms with Crippen LogP contribution in [0.15, 0.2) is 47.3 Å². The summed E-state index contributed by atoms with van der Waals surface area (Å²) in [6.07, 6.45) is 0. The number of nitrogens with one attached hydrogen (secondary N) is 2. The summed E-state index contributed by atoms with van der Waals surface area (Å²) in [7, 11) is 0. The molecule has 2 N–H and O–H groups in total. The number of halogens is 1. The highest BCUT2D eigenvalue weighted by atomic mass is 35.5. The molecule has 1 heterocycles. The minimum atomic E-state index is -0.152. The van der Waals surface area contributed by atoms with Gasteiger partial charge in [-0.05, 0) is 43.3 Å². The van der Waals surface area contributed by atoms with E-state index in [9.17, 15) is 4.79 Å². The summed E-state index contributed by atoms with van der Waals surface area (Å²) < 4.78 is 5.47. The lowest BCUT2D eigenvalue weighted by atomic mass is 10.1. The van der Waals surface area contributed by atoms with Gasteiger partial charge in [0.25, 0.3) is 5.56 Å². The summed E-state index contributed by atoms with van der Waals surface area (Å²) in [6.45, 7) is 2.68. The largest absolute Gasteiger partial charge is 0.492 e. The predicted molar refractivity (Wildman–Crippen MR) is 99.2 cm³/mol. The van der Waals surface area contributed by atoms with E-state index in [1.54, 1.807) is 30.3 Å². The van der Waals surface area contributed by atoms with Gasteiger partial charge in [-0.1, -0.05) is 11.6 Å². The van der Waals surface area contributed by atoms with Gasteiger partial charge in [-0.15, -0.1) is 0 Å². The Morgan fingerprint density at radius 1 is 1.24 bits per heavy atom. The number of benzene rings is 2. The second kappa shape index (κ2) is 7.29. The quantitative estimate of drug-likeness (QED) is 0.725. The van der Waals surface area contributed by atoms with E-state index in [0.717, 1.165) is 16.6 Å². The molecule has 0 atom stereocenters. The lowest BCUT2D eigenvalue weighted by Crippen LogP contribution is -2.15. The van der Waals surface area contributed by atoms with E-state index in [2.05, 4.69) is 16.4 Å². The number of ether oxygens (including phenoxy) is 1. The van der Waals surface area contributed by atoms with Gasteiger partial charge in [0.1, 0.15) is 11.8 Å². The topological polar surface area (TPSA) is 77.9 Å². The molecule has 0 aliphatic rings. The maximum absolute atomic E-state index is 12.2. The monoisotopic (exact) mass is 353 g/mol. The van der Waals surface area contributed by atoms with Gasteiger partial charge in [0.2, 0.25) is 0 Å². The van der Waals surface area contributed by atoms with Crippen LogP contribution in [0.2, 0.25) is 5.02 Å². The number of nitrogens with zero attached hydrogens (tertiary/aromatic N) is 1. The number of nitriles is 1. The van der Waals surface area contributed by atoms with Crippen molar-refractivity contribution in [2.45, 2.75) is 13.5 Å². The number of pyridine rings is 1. The Morgan fingerprint density at radius 2 is 2.08 bits per heavy atom. The molecule has 0 radical (unpaired) electrons. The number of H-pyrrole nitrogens is 1. The fourth-order valence-electron chi connectivity index (χ4n) is 2.55. The first-order valence-corrected chi connectivity index (χ1v) is 8.21. The van der Waals surface area contributed by atoms with Gasteiger partial charge in [0, 0.05) is 39.8 Å². The number of aromatic amines is 1. The molecule has 0 aliphatic carbocycles. The average Bonchev–Trinajstić information content (AvgIpc) is 2.61. The van der Waals surface area contributed by atoms with Crippen LogP contribution in [0.25, 0.3) is 10.9 Å². The summed E-state index contributed by atoms with van der Waals surface area (Å²) in [6, 6.07) is 14.5. The molecule has 0 spiro atoms. The molecule has 1 aromatic heterocycles. The first-order valence-electron chi connectivity index (χ1n) is 7.83. The van der Waals surface area contributed by atoms with E-state index < -0.39 is 0 Å². The molecule has 126 valence electrons. The molecule has 5 nitrogen and oxygen atoms in total. The van der Waals surface area contributed by atoms with Crippen molar-refractivity contribution in [1.29, 1.82) is 5.26 Å². The molecule has 2 aromatic carbocycles. The average molecular weight is 354 g/mol. The zero-order valence-electron chi connectivity index (χ0n) is 13.6. The van der Waals surface area contributed by atoms with Crippen LogP contribution in [0.5, 0.6) is 5.75 Å². The molecule has 0 amide bonds. The molecule has 3 aromatic rings. The van der Waals surface area contributed by atoms with Crippen LogP contribution in [0.4, 0.5) is 5.69 Å². The van der Waals surface area contributed by atoms with Crippen LogP contribution in [0, 0.1) is 11.3 Å². The molecule has 0 saturated heterocycles. The molecule has 6 heteroatoms. The number of hydrogen-bond donors (Lipinski definition) is 2. The number of aromatic nitrogens is 1. The Labute approximate surface area is 149 Å². The van der Waals surface area contributed by atoms with Crippen LogP contribution < -0.4 is 15.6 Å². The molecular formula is C19H16ClN3O2. The predicted octanol–water partition coefficient (Wildman–Crippen LogP) is 4.06. The lowest BCUT2D eigenvalue weighted by molar-refractivity contribution is 0.339. The zero-order valence-corrected chi connectivity index (χ0v) is 14.4. The zero-order chi connectivity index (χ0) is 17.8. The van der Waals surface area contributed by atoms with Crippen molar-refractivity contribution in [3.05, 3.63) is 69.0 Å². The Morgan fingerprint density at radius 3 is 2.84 bits per heavy atom. The molecule has 0 bridgehead atoms. The highest BCUT2D eigenvalue weighted by molar-refractivity contribution is 6.31. The van der Waals surface area contributed by atoms with Crippen LogP contribution in [-0.4, -0.2) is 11.6 Å². The summed E-state index contributed by atoms with van der Waals surface area (Å²) in [5.74, 6) is 0.522. The number of hydrogen-bond acceptors (Lipinski definition) is 4. The van der Waals surface area contributed by atoms with Gasteiger partial charge in [-0.25, -0.2) is 0 Å². The normalized spacial score (nSPS) is 10.4. The van der Waals surface area contributed by atoms with E-state index in [-0.39, 0.29) is 5.56 Å². The molecule has 0 unspecified atom stereocenters. The van der Waals surface area contributed by atoms with Crippen molar-refractivity contribution in [1.82, 2.24) is 4.98 Å². The minimum absolute atomic E-state index is 0.152. The molecule has 25 heavy (non-hydrogen) atoms. The van der Waals surface area contributed by atoms with Crippen LogP contribution in [0.1, 0.15) is 18.1 Å². The van der Waals surface area contributed by atoms with E-state index in [1.807, 2.05) is 19.1 Å². The smallest absolute Gasteiger partial charge is 0.253 e. The Bertz CT molecular complexity index is 1020. The first-order chi connectivity index (χ1) is 12.1. The second-order valence-corrected chi connectivity index (χ2v) is 5.90. The summed E-state index contributed by atoms with van der Waals surface area (Å²) >= 11 is 6.01. The third kappa shape index (κ3) is 3.76. The molecule has 0 saturated carbocycles. The van der Waals surface area contributed by atoms with E-state index in [1.165, 1.54) is 0 Å². The van der Waals surface area contributed by atoms with Crippen molar-refractivity contribution in [2.24, 2.45) is 0 Å². The Hall–Kier alpha value is -2.97. The summed E-state index contributed by atoms with van der Waals surface area (Å²) in [5, 5.41) is 13.8. The van der Waals surface area contributed by atoms with Gasteiger partial charge in [-0.2, -0.15) is 5.26 Å². The summed E-state index contributed by atoms with van der Waals surface area (Å²) in [4.78, 5) is 15.1. The van der Waals surface area contributed by atoms with Crippen LogP contribution in [-0.2, 0) is 6.54 Å². The molecule has 3 rings (SSSR count). The SMILES string of the molecule is CCOc1cc(NCc2cc3cc(Cl)ccc3[nH]c2=O)ccc1C#N. The highest BCUT2D eigenvalue weighted by Crippen LogP contribution is 2.23. The Kier molecular flexibility index (Phi) is 4.92. The standard InChI is InChI=1S/C19H16ClN3O2/c1-2-25-18-9-16(5-3-12(18)10-21)22-11-14-7-13-8-15(20)4-6-17(13)23-19(14)24/h3-9,22H,2,11H2,1H3,(H,23,24). The first kappa shape index (κ1) is 16.9. The van der Waals surface area contributed by atoms with Crippen molar-refractivity contribution in [2.75, 3.05) is 11.9 Å². The minimum Gasteiger partial charge on any atom is -0.492 e. The lowest BCUT2D eigenvalue weighted by Gasteiger charge is -2.10. The maximum Gasteiger partial charge on any atom is 0.253 e. The van der Waals surface area contributed by atoms with Gasteiger partial charge in [-0.3, -0.25) is 4.79 Å². The molecular weight excluding hydrogens is 338 g/mol. The van der Waals surface area contributed by atoms with E-state index >= 15 is 0 Å². The number of anilines is 1. The number of rotatable bonds is 5. The van der Waals surface area contributed by atoms with Gasteiger partial charge in [0.15, 0.2) is 0 Å².